The number of amides is 1. The summed E-state index contributed by atoms with van der Waals surface area (Å²) in [6, 6.07) is 1.63. The van der Waals surface area contributed by atoms with Gasteiger partial charge in [-0.15, -0.1) is 0 Å². The van der Waals surface area contributed by atoms with E-state index in [1.165, 1.54) is 37.7 Å². The van der Waals surface area contributed by atoms with E-state index in [2.05, 4.69) is 25.7 Å². The summed E-state index contributed by atoms with van der Waals surface area (Å²) in [5.41, 5.74) is 0.597. The van der Waals surface area contributed by atoms with Crippen LogP contribution >= 0.6 is 11.6 Å². The third-order valence-electron chi connectivity index (χ3n) is 4.82. The molecule has 0 aliphatic carbocycles. The molecule has 0 saturated carbocycles. The van der Waals surface area contributed by atoms with Crippen LogP contribution in [0.15, 0.2) is 30.9 Å². The number of nitrogens with one attached hydrogen (secondary N) is 2. The third-order valence-corrected chi connectivity index (χ3v) is 5.01. The lowest BCUT2D eigenvalue weighted by molar-refractivity contribution is -0.00177. The van der Waals surface area contributed by atoms with Crippen LogP contribution in [0, 0.1) is 0 Å². The van der Waals surface area contributed by atoms with Gasteiger partial charge in [-0.05, 0) is 33.3 Å². The molecule has 1 amide bonds. The van der Waals surface area contributed by atoms with Crippen LogP contribution in [-0.4, -0.2) is 61.6 Å². The van der Waals surface area contributed by atoms with Crippen molar-refractivity contribution in [3.8, 4) is 11.3 Å². The molecule has 172 valence electrons. The number of pyridine rings is 1. The fourth-order valence-electron chi connectivity index (χ4n) is 2.90. The maximum atomic E-state index is 14.0. The van der Waals surface area contributed by atoms with Crippen LogP contribution in [0.25, 0.3) is 16.9 Å². The molecule has 0 aliphatic heterocycles. The van der Waals surface area contributed by atoms with Crippen LogP contribution in [-0.2, 0) is 0 Å². The summed E-state index contributed by atoms with van der Waals surface area (Å²) in [6.07, 6.45) is 3.58. The molecular weight excluding hydrogens is 442 g/mol. The second kappa shape index (κ2) is 9.74. The normalized spacial score (nSPS) is 13.7. The summed E-state index contributed by atoms with van der Waals surface area (Å²) < 4.78 is 28.8. The van der Waals surface area contributed by atoms with Gasteiger partial charge in [0.05, 0.1) is 58.2 Å². The Morgan fingerprint density at radius 1 is 1.28 bits per heavy atom. The van der Waals surface area contributed by atoms with Crippen molar-refractivity contribution in [2.24, 2.45) is 0 Å². The maximum absolute atomic E-state index is 14.0. The molecule has 0 fully saturated rings. The summed E-state index contributed by atoms with van der Waals surface area (Å²) in [4.78, 5) is 21.3. The molecule has 0 radical (unpaired) electrons. The number of rotatable bonds is 9. The Balaban J connectivity index is 1.90. The molecule has 0 aliphatic rings. The lowest BCUT2D eigenvalue weighted by atomic mass is 10.0. The fourth-order valence-corrected chi connectivity index (χ4v) is 3.04. The molecular formula is C21H25ClF2N6O2. The third kappa shape index (κ3) is 5.68. The minimum atomic E-state index is -1.65. The number of carbonyl (C=O) groups excluding carboxylic acids is 1. The molecule has 2 atom stereocenters. The number of carbonyl (C=O) groups is 1. The molecule has 3 heterocycles. The predicted molar refractivity (Wildman–Crippen MR) is 118 cm³/mol. The van der Waals surface area contributed by atoms with Crippen molar-refractivity contribution >= 4 is 28.8 Å². The Bertz CT molecular complexity index is 1100. The van der Waals surface area contributed by atoms with Gasteiger partial charge in [-0.25, -0.2) is 18.3 Å². The second-order valence-electron chi connectivity index (χ2n) is 8.04. The zero-order valence-electron chi connectivity index (χ0n) is 17.9. The van der Waals surface area contributed by atoms with Crippen molar-refractivity contribution in [3.63, 3.8) is 0 Å². The number of fused-ring (bicyclic) bond motifs is 1. The molecule has 0 aromatic carbocycles. The number of anilines is 1. The van der Waals surface area contributed by atoms with E-state index >= 15 is 0 Å². The maximum Gasteiger partial charge on any atom is 0.255 e. The molecule has 3 rings (SSSR count). The van der Waals surface area contributed by atoms with Crippen LogP contribution in [0.4, 0.5) is 14.5 Å². The highest BCUT2D eigenvalue weighted by Crippen LogP contribution is 2.27. The van der Waals surface area contributed by atoms with E-state index in [1.807, 2.05) is 0 Å². The highest BCUT2D eigenvalue weighted by molar-refractivity contribution is 6.30. The van der Waals surface area contributed by atoms with Crippen LogP contribution in [0.3, 0.4) is 0 Å². The van der Waals surface area contributed by atoms with Crippen molar-refractivity contribution < 1.29 is 18.7 Å². The van der Waals surface area contributed by atoms with Crippen molar-refractivity contribution in [3.05, 3.63) is 41.4 Å². The van der Waals surface area contributed by atoms with E-state index in [4.69, 9.17) is 11.6 Å². The predicted octanol–water partition coefficient (Wildman–Crippen LogP) is 3.44. The zero-order valence-corrected chi connectivity index (χ0v) is 18.7. The van der Waals surface area contributed by atoms with Crippen molar-refractivity contribution in [2.45, 2.75) is 45.1 Å². The Hall–Kier alpha value is -2.85. The van der Waals surface area contributed by atoms with Crippen molar-refractivity contribution in [2.75, 3.05) is 18.4 Å². The number of nitrogens with zero attached hydrogens (tertiary/aromatic N) is 4. The SMILES string of the molecule is CC(F)CCNc1cc(-c2cnn3cc(Cl)cnc23)ncc1C(=O)NCC(F)C(C)(C)O. The summed E-state index contributed by atoms with van der Waals surface area (Å²) in [5.74, 6) is -0.573. The topological polar surface area (TPSA) is 104 Å². The number of halogens is 3. The van der Waals surface area contributed by atoms with Crippen LogP contribution < -0.4 is 10.6 Å². The number of hydrogen-bond donors (Lipinski definition) is 3. The van der Waals surface area contributed by atoms with Crippen LogP contribution in [0.1, 0.15) is 37.6 Å². The molecule has 0 bridgehead atoms. The van der Waals surface area contributed by atoms with E-state index in [0.717, 1.165) is 0 Å². The van der Waals surface area contributed by atoms with Gasteiger partial charge < -0.3 is 15.7 Å². The van der Waals surface area contributed by atoms with Crippen LogP contribution in [0.2, 0.25) is 5.02 Å². The van der Waals surface area contributed by atoms with Gasteiger partial charge >= 0.3 is 0 Å². The molecule has 2 unspecified atom stereocenters. The smallest absolute Gasteiger partial charge is 0.255 e. The van der Waals surface area contributed by atoms with E-state index in [0.29, 0.717) is 27.6 Å². The molecule has 3 aromatic rings. The molecule has 8 nitrogen and oxygen atoms in total. The minimum absolute atomic E-state index is 0.163. The average molecular weight is 467 g/mol. The van der Waals surface area contributed by atoms with Gasteiger partial charge in [-0.1, -0.05) is 11.6 Å². The molecule has 3 aromatic heterocycles. The fraction of sp³-hybridized carbons (Fsp3) is 0.429. The van der Waals surface area contributed by atoms with Crippen molar-refractivity contribution in [1.29, 1.82) is 0 Å². The Labute approximate surface area is 189 Å². The number of hydrogen-bond acceptors (Lipinski definition) is 6. The summed E-state index contributed by atoms with van der Waals surface area (Å²) in [5, 5.41) is 19.9. The highest BCUT2D eigenvalue weighted by atomic mass is 35.5. The van der Waals surface area contributed by atoms with E-state index in [-0.39, 0.29) is 25.1 Å². The molecule has 3 N–H and O–H groups in total. The summed E-state index contributed by atoms with van der Waals surface area (Å²) in [6.45, 7) is 4.00. The van der Waals surface area contributed by atoms with Gasteiger partial charge in [0.1, 0.15) is 6.17 Å². The lowest BCUT2D eigenvalue weighted by Gasteiger charge is -2.22. The number of alkyl halides is 2. The molecule has 32 heavy (non-hydrogen) atoms. The quantitative estimate of drug-likeness (QED) is 0.446. The minimum Gasteiger partial charge on any atom is -0.387 e. The average Bonchev–Trinajstić information content (AvgIpc) is 3.13. The first-order valence-corrected chi connectivity index (χ1v) is 10.5. The lowest BCUT2D eigenvalue weighted by Crippen LogP contribution is -2.42. The first-order valence-electron chi connectivity index (χ1n) is 10.1. The Morgan fingerprint density at radius 2 is 2.03 bits per heavy atom. The van der Waals surface area contributed by atoms with Gasteiger partial charge in [0, 0.05) is 18.9 Å². The molecule has 11 heteroatoms. The van der Waals surface area contributed by atoms with Gasteiger partial charge in [0.15, 0.2) is 5.65 Å². The van der Waals surface area contributed by atoms with Gasteiger partial charge in [0.2, 0.25) is 0 Å². The highest BCUT2D eigenvalue weighted by Gasteiger charge is 2.27. The van der Waals surface area contributed by atoms with Gasteiger partial charge in [-0.3, -0.25) is 9.78 Å². The van der Waals surface area contributed by atoms with Crippen molar-refractivity contribution in [1.82, 2.24) is 24.9 Å². The van der Waals surface area contributed by atoms with Gasteiger partial charge in [0.25, 0.3) is 5.91 Å². The summed E-state index contributed by atoms with van der Waals surface area (Å²) in [7, 11) is 0. The standard InChI is InChI=1S/C21H25ClF2N6O2/c1-12(23)4-5-25-17-6-16(14-9-29-30-11-13(22)7-27-19(14)30)26-8-15(17)20(31)28-10-18(24)21(2,3)32/h6-9,11-12,18,32H,4-5,10H2,1-3H3,(H,25,26)(H,28,31). The Kier molecular flexibility index (Phi) is 7.25. The molecule has 0 spiro atoms. The monoisotopic (exact) mass is 466 g/mol. The zero-order chi connectivity index (χ0) is 23.5. The number of aliphatic hydroxyl groups is 1. The Morgan fingerprint density at radius 3 is 2.72 bits per heavy atom. The largest absolute Gasteiger partial charge is 0.387 e. The molecule has 0 saturated heterocycles. The number of aromatic nitrogens is 4. The summed E-state index contributed by atoms with van der Waals surface area (Å²) >= 11 is 5.95. The first kappa shape index (κ1) is 23.8. The van der Waals surface area contributed by atoms with E-state index < -0.39 is 23.9 Å². The first-order chi connectivity index (χ1) is 15.1. The van der Waals surface area contributed by atoms with Gasteiger partial charge in [-0.2, -0.15) is 5.10 Å². The van der Waals surface area contributed by atoms with E-state index in [1.54, 1.807) is 18.5 Å². The van der Waals surface area contributed by atoms with Crippen LogP contribution in [0.5, 0.6) is 0 Å². The second-order valence-corrected chi connectivity index (χ2v) is 8.48. The van der Waals surface area contributed by atoms with E-state index in [9.17, 15) is 18.7 Å².